The molecule has 0 radical (unpaired) electrons. The Morgan fingerprint density at radius 3 is 1.21 bits per heavy atom. The molecule has 0 aliphatic carbocycles. The van der Waals surface area contributed by atoms with Gasteiger partial charge in [0.1, 0.15) is 0 Å². The molecule has 15 nitrogen and oxygen atoms in total. The van der Waals surface area contributed by atoms with Crippen LogP contribution >= 0.6 is 0 Å². The molecule has 0 fully saturated rings. The van der Waals surface area contributed by atoms with Gasteiger partial charge < -0.3 is 36.3 Å². The van der Waals surface area contributed by atoms with Crippen molar-refractivity contribution in [2.45, 2.75) is 79.6 Å². The van der Waals surface area contributed by atoms with Crippen molar-refractivity contribution in [2.75, 3.05) is 34.5 Å². The number of amides is 1. The van der Waals surface area contributed by atoms with Crippen LogP contribution in [0.2, 0.25) is 0 Å². The number of aliphatic hydroxyl groups excluding tert-OH is 1. The molecule has 0 aliphatic heterocycles. The first kappa shape index (κ1) is 78.6. The molecule has 0 aliphatic rings. The first-order valence-corrected chi connectivity index (χ1v) is 17.4. The van der Waals surface area contributed by atoms with E-state index in [1.807, 2.05) is 0 Å². The van der Waals surface area contributed by atoms with E-state index in [9.17, 15) is 76.3 Å². The molecule has 0 saturated carbocycles. The molecule has 0 aromatic carbocycles. The summed E-state index contributed by atoms with van der Waals surface area (Å²) < 4.78 is 172. The SMILES string of the molecule is C.C.C.CCOC(=O)C(C(=O)OCC)c1cc(C(F)(F)F)ccn1.CO.COC(=O)Cc1cc(C(F)(F)F)ccn1.C[O-].Fc1cc(C(F)(F)F)ccn1.N.NC(=O)Cc1cc(C(F)(F)F)ccn1.[Na+]. The molecule has 4 aromatic heterocycles. The number of ether oxygens (including phenoxy) is 3. The number of hydrogen-bond donors (Lipinski definition) is 3. The molecular formula is C41H54F13N6NaO9. The number of methoxy groups -OCH3 is 1. The fourth-order valence-electron chi connectivity index (χ4n) is 4.05. The van der Waals surface area contributed by atoms with E-state index in [0.717, 1.165) is 76.4 Å². The molecular weight excluding hydrogens is 990 g/mol. The fraction of sp³-hybridized carbons (Fsp3) is 0.415. The number of hydrogen-bond acceptors (Lipinski definition) is 14. The van der Waals surface area contributed by atoms with Crippen LogP contribution in [0.4, 0.5) is 57.1 Å². The van der Waals surface area contributed by atoms with E-state index in [4.69, 9.17) is 25.4 Å². The van der Waals surface area contributed by atoms with Gasteiger partial charge in [-0.2, -0.15) is 64.2 Å². The molecule has 0 spiro atoms. The molecule has 29 heteroatoms. The van der Waals surface area contributed by atoms with Crippen LogP contribution in [-0.2, 0) is 70.9 Å². The minimum Gasteiger partial charge on any atom is -0.857 e. The maximum absolute atomic E-state index is 12.7. The van der Waals surface area contributed by atoms with Crippen molar-refractivity contribution in [2.24, 2.45) is 5.73 Å². The van der Waals surface area contributed by atoms with Gasteiger partial charge in [-0.1, -0.05) is 22.3 Å². The van der Waals surface area contributed by atoms with Gasteiger partial charge in [0.05, 0.1) is 72.5 Å². The summed E-state index contributed by atoms with van der Waals surface area (Å²) >= 11 is 0. The summed E-state index contributed by atoms with van der Waals surface area (Å²) in [6.45, 7) is 2.99. The van der Waals surface area contributed by atoms with Crippen molar-refractivity contribution < 1.29 is 130 Å². The zero-order valence-electron chi connectivity index (χ0n) is 36.0. The standard InChI is InChI=1S/C13H14F3NO4.C9H8F3NO2.C8H7F3N2O.C6H3F4N.CH4O.CH3O.3CH4.H3N.Na/c1-3-20-11(18)10(12(19)21-4-2)9-7-8(5-6-17-9)13(14,15)16;1-15-8(14)5-7-4-6(2-3-13-7)9(10,11)12;9-8(10,11)5-1-2-13-6(3-5)4-7(12)14;7-5-3-4(1-2-11-5)6(8,9)10;2*1-2;;;;;/h5-7,10H,3-4H2,1-2H3;2-4H,5H2,1H3;1-3H,4H2,(H2,12,14);1-3H;2H,1H3;1H3;3*1H4;1H3;/q;;;;;-1;;;;;+1. The Morgan fingerprint density at radius 1 is 0.600 bits per heavy atom. The Balaban J connectivity index is -0.000000147. The van der Waals surface area contributed by atoms with Crippen LogP contribution in [0, 0.1) is 5.95 Å². The van der Waals surface area contributed by atoms with Gasteiger partial charge in [0.25, 0.3) is 0 Å². The van der Waals surface area contributed by atoms with Crippen LogP contribution in [0.5, 0.6) is 0 Å². The van der Waals surface area contributed by atoms with Gasteiger partial charge in [-0.25, -0.2) is 4.98 Å². The van der Waals surface area contributed by atoms with E-state index < -0.39 is 82.6 Å². The van der Waals surface area contributed by atoms with Crippen LogP contribution in [-0.4, -0.2) is 83.4 Å². The number of alkyl halides is 12. The zero-order chi connectivity index (χ0) is 50.8. The third-order valence-corrected chi connectivity index (χ3v) is 6.70. The number of nitrogens with zero attached hydrogens (tertiary/aromatic N) is 4. The quantitative estimate of drug-likeness (QED) is 0.0490. The van der Waals surface area contributed by atoms with Gasteiger partial charge in [-0.3, -0.25) is 34.1 Å². The minimum absolute atomic E-state index is 0. The predicted octanol–water partition coefficient (Wildman–Crippen LogP) is 5.15. The third kappa shape index (κ3) is 31.6. The number of pyridine rings is 4. The molecule has 0 atom stereocenters. The van der Waals surface area contributed by atoms with E-state index in [0.29, 0.717) is 18.2 Å². The number of aliphatic hydroxyl groups is 1. The largest absolute Gasteiger partial charge is 1.00 e. The second kappa shape index (κ2) is 38.2. The average molecular weight is 1040 g/mol. The Labute approximate surface area is 417 Å². The number of nitrogens with two attached hydrogens (primary N) is 1. The van der Waals surface area contributed by atoms with Gasteiger partial charge >= 0.3 is 72.2 Å². The normalized spacial score (nSPS) is 10.1. The van der Waals surface area contributed by atoms with Crippen molar-refractivity contribution in [3.05, 3.63) is 119 Å². The molecule has 6 N–H and O–H groups in total. The molecule has 4 rings (SSSR count). The van der Waals surface area contributed by atoms with Crippen LogP contribution in [0.25, 0.3) is 0 Å². The number of aromatic nitrogens is 4. The predicted molar refractivity (Wildman–Crippen MR) is 221 cm³/mol. The molecule has 70 heavy (non-hydrogen) atoms. The number of esters is 3. The number of halogens is 13. The summed E-state index contributed by atoms with van der Waals surface area (Å²) in [5.74, 6) is -6.09. The molecule has 4 heterocycles. The summed E-state index contributed by atoms with van der Waals surface area (Å²) in [6, 6.07) is 5.77. The van der Waals surface area contributed by atoms with Gasteiger partial charge in [0, 0.05) is 38.0 Å². The average Bonchev–Trinajstić information content (AvgIpc) is 3.22. The van der Waals surface area contributed by atoms with Crippen molar-refractivity contribution in [3.8, 4) is 0 Å². The van der Waals surface area contributed by atoms with E-state index >= 15 is 0 Å². The van der Waals surface area contributed by atoms with Gasteiger partial charge in [0.15, 0.2) is 5.92 Å². The maximum Gasteiger partial charge on any atom is 1.00 e. The minimum atomic E-state index is -4.61. The first-order chi connectivity index (χ1) is 30.1. The number of primary amides is 1. The molecule has 0 bridgehead atoms. The van der Waals surface area contributed by atoms with Gasteiger partial charge in [-0.05, 0) is 56.3 Å². The Morgan fingerprint density at radius 2 is 0.914 bits per heavy atom. The summed E-state index contributed by atoms with van der Waals surface area (Å²) in [6.07, 6.45) is -14.8. The molecule has 0 saturated heterocycles. The first-order valence-electron chi connectivity index (χ1n) is 17.4. The summed E-state index contributed by atoms with van der Waals surface area (Å²) in [5.41, 5.74) is 0.839. The van der Waals surface area contributed by atoms with Crippen molar-refractivity contribution in [1.82, 2.24) is 26.1 Å². The number of carbonyl (C=O) groups excluding carboxylic acids is 4. The summed E-state index contributed by atoms with van der Waals surface area (Å²) in [7, 11) is 2.91. The third-order valence-electron chi connectivity index (χ3n) is 6.70. The fourth-order valence-corrected chi connectivity index (χ4v) is 4.05. The molecule has 4 aromatic rings. The van der Waals surface area contributed by atoms with Crippen LogP contribution in [0.15, 0.2) is 73.3 Å². The van der Waals surface area contributed by atoms with Gasteiger partial charge in [-0.15, -0.1) is 0 Å². The Hall–Kier alpha value is -5.55. The zero-order valence-corrected chi connectivity index (χ0v) is 38.0. The number of carbonyl (C=O) groups is 4. The second-order valence-electron chi connectivity index (χ2n) is 11.2. The molecule has 0 unspecified atom stereocenters. The van der Waals surface area contributed by atoms with E-state index in [1.165, 1.54) is 13.8 Å². The summed E-state index contributed by atoms with van der Waals surface area (Å²) in [4.78, 5) is 58.7. The maximum atomic E-state index is 12.7. The van der Waals surface area contributed by atoms with E-state index in [2.05, 4.69) is 24.7 Å². The second-order valence-corrected chi connectivity index (χ2v) is 11.2. The van der Waals surface area contributed by atoms with E-state index in [-0.39, 0.29) is 101 Å². The Bertz CT molecular complexity index is 2060. The van der Waals surface area contributed by atoms with Crippen LogP contribution in [0.3, 0.4) is 0 Å². The monoisotopic (exact) mass is 1040 g/mol. The van der Waals surface area contributed by atoms with E-state index in [1.54, 1.807) is 0 Å². The van der Waals surface area contributed by atoms with Gasteiger partial charge in [0.2, 0.25) is 11.9 Å². The number of rotatable bonds is 9. The topological polar surface area (TPSA) is 252 Å². The summed E-state index contributed by atoms with van der Waals surface area (Å²) in [5, 5.41) is 15.2. The van der Waals surface area contributed by atoms with Crippen molar-refractivity contribution >= 4 is 23.8 Å². The van der Waals surface area contributed by atoms with Crippen LogP contribution < -0.4 is 46.5 Å². The molecule has 1 amide bonds. The smallest absolute Gasteiger partial charge is 0.857 e. The van der Waals surface area contributed by atoms with Crippen molar-refractivity contribution in [3.63, 3.8) is 0 Å². The van der Waals surface area contributed by atoms with Crippen molar-refractivity contribution in [1.29, 1.82) is 0 Å². The van der Waals surface area contributed by atoms with Crippen LogP contribution in [0.1, 0.15) is 81.4 Å². The molecule has 394 valence electrons. The Kier molecular flexibility index (Phi) is 42.9.